The van der Waals surface area contributed by atoms with E-state index in [0.717, 1.165) is 11.3 Å². The van der Waals surface area contributed by atoms with Gasteiger partial charge in [0.1, 0.15) is 12.4 Å². The van der Waals surface area contributed by atoms with Crippen molar-refractivity contribution in [3.05, 3.63) is 29.8 Å². The summed E-state index contributed by atoms with van der Waals surface area (Å²) in [6.45, 7) is 12.1. The van der Waals surface area contributed by atoms with Crippen molar-refractivity contribution in [1.29, 1.82) is 0 Å². The lowest BCUT2D eigenvalue weighted by molar-refractivity contribution is 0.153. The molecule has 0 aliphatic heterocycles. The molecular weight excluding hydrogens is 252 g/mol. The van der Waals surface area contributed by atoms with Crippen LogP contribution in [-0.4, -0.2) is 14.9 Å². The lowest BCUT2D eigenvalue weighted by atomic mass is 10.2. The first kappa shape index (κ1) is 15.8. The van der Waals surface area contributed by atoms with Gasteiger partial charge in [-0.2, -0.15) is 0 Å². The Morgan fingerprint density at radius 1 is 1.16 bits per heavy atom. The largest absolute Gasteiger partial charge is 0.544 e. The number of hydrogen-bond donors (Lipinski definition) is 0. The number of benzene rings is 1. The normalized spacial score (nSPS) is 12.0. The van der Waals surface area contributed by atoms with Crippen LogP contribution < -0.4 is 4.43 Å². The number of terminal acetylenes is 1. The Hall–Kier alpha value is -1.24. The van der Waals surface area contributed by atoms with Gasteiger partial charge in [0.15, 0.2) is 0 Å². The van der Waals surface area contributed by atoms with Crippen LogP contribution in [0.5, 0.6) is 5.75 Å². The van der Waals surface area contributed by atoms with Gasteiger partial charge in [-0.3, -0.25) is 0 Å². The summed E-state index contributed by atoms with van der Waals surface area (Å²) in [5.74, 6) is 3.39. The highest BCUT2D eigenvalue weighted by Crippen LogP contribution is 2.37. The van der Waals surface area contributed by atoms with E-state index in [4.69, 9.17) is 15.6 Å². The Bertz CT molecular complexity index is 435. The fourth-order valence-electron chi connectivity index (χ4n) is 1.33. The van der Waals surface area contributed by atoms with Gasteiger partial charge in [-0.05, 0) is 35.8 Å². The van der Waals surface area contributed by atoms with Crippen molar-refractivity contribution in [3.63, 3.8) is 0 Å². The first-order chi connectivity index (χ1) is 8.76. The lowest BCUT2D eigenvalue weighted by Gasteiger charge is -2.36. The van der Waals surface area contributed by atoms with Crippen molar-refractivity contribution < 1.29 is 9.16 Å². The average Bonchev–Trinajstić information content (AvgIpc) is 2.30. The quantitative estimate of drug-likeness (QED) is 0.455. The summed E-state index contributed by atoms with van der Waals surface area (Å²) in [5, 5.41) is 0.210. The van der Waals surface area contributed by atoms with E-state index in [1.807, 2.05) is 24.3 Å². The fourth-order valence-corrected chi connectivity index (χ4v) is 2.36. The van der Waals surface area contributed by atoms with Gasteiger partial charge in [0.05, 0.1) is 6.61 Å². The van der Waals surface area contributed by atoms with Crippen molar-refractivity contribution in [1.82, 2.24) is 0 Å². The van der Waals surface area contributed by atoms with Gasteiger partial charge in [0.2, 0.25) is 8.32 Å². The smallest absolute Gasteiger partial charge is 0.250 e. The molecular formula is C16H24O2Si. The van der Waals surface area contributed by atoms with Crippen LogP contribution in [0.1, 0.15) is 26.3 Å². The van der Waals surface area contributed by atoms with Gasteiger partial charge >= 0.3 is 0 Å². The van der Waals surface area contributed by atoms with E-state index in [2.05, 4.69) is 39.8 Å². The summed E-state index contributed by atoms with van der Waals surface area (Å²) in [7, 11) is -1.75. The molecule has 0 heterocycles. The molecule has 2 nitrogen and oxygen atoms in total. The maximum absolute atomic E-state index is 6.21. The van der Waals surface area contributed by atoms with Gasteiger partial charge < -0.3 is 9.16 Å². The third kappa shape index (κ3) is 4.74. The van der Waals surface area contributed by atoms with Gasteiger partial charge in [-0.15, -0.1) is 6.42 Å². The Balaban J connectivity index is 2.65. The van der Waals surface area contributed by atoms with Crippen LogP contribution in [0, 0.1) is 12.3 Å². The van der Waals surface area contributed by atoms with E-state index in [9.17, 15) is 0 Å². The molecule has 0 bridgehead atoms. The first-order valence-corrected chi connectivity index (χ1v) is 9.46. The zero-order valence-corrected chi connectivity index (χ0v) is 13.6. The molecule has 1 aromatic carbocycles. The molecule has 1 aromatic rings. The van der Waals surface area contributed by atoms with Crippen LogP contribution >= 0.6 is 0 Å². The predicted octanol–water partition coefficient (Wildman–Crippen LogP) is 4.22. The molecule has 19 heavy (non-hydrogen) atoms. The summed E-state index contributed by atoms with van der Waals surface area (Å²) in [6.07, 6.45) is 5.14. The number of rotatable bonds is 5. The van der Waals surface area contributed by atoms with E-state index in [1.54, 1.807) is 0 Å². The lowest BCUT2D eigenvalue weighted by Crippen LogP contribution is -2.43. The fraction of sp³-hybridized carbons (Fsp3) is 0.500. The van der Waals surface area contributed by atoms with E-state index in [-0.39, 0.29) is 5.04 Å². The molecule has 0 saturated carbocycles. The monoisotopic (exact) mass is 276 g/mol. The second kappa shape index (κ2) is 6.27. The average molecular weight is 276 g/mol. The number of ether oxygens (including phenoxy) is 1. The van der Waals surface area contributed by atoms with E-state index < -0.39 is 8.32 Å². The molecule has 0 spiro atoms. The minimum Gasteiger partial charge on any atom is -0.544 e. The molecule has 0 aliphatic carbocycles. The highest BCUT2D eigenvalue weighted by Gasteiger charge is 2.38. The van der Waals surface area contributed by atoms with Crippen molar-refractivity contribution in [3.8, 4) is 18.1 Å². The zero-order valence-electron chi connectivity index (χ0n) is 12.6. The summed E-state index contributed by atoms with van der Waals surface area (Å²) in [6, 6.07) is 8.07. The summed E-state index contributed by atoms with van der Waals surface area (Å²) in [4.78, 5) is 0. The second-order valence-corrected chi connectivity index (χ2v) is 10.9. The molecule has 0 aromatic heterocycles. The molecule has 0 atom stereocenters. The zero-order chi connectivity index (χ0) is 14.5. The molecule has 0 fully saturated rings. The van der Waals surface area contributed by atoms with E-state index >= 15 is 0 Å². The molecule has 0 saturated heterocycles. The minimum atomic E-state index is -1.75. The Kier molecular flexibility index (Phi) is 5.22. The van der Waals surface area contributed by atoms with Crippen molar-refractivity contribution in [2.45, 2.75) is 45.5 Å². The molecule has 0 N–H and O–H groups in total. The van der Waals surface area contributed by atoms with Gasteiger partial charge in [0.25, 0.3) is 0 Å². The summed E-state index contributed by atoms with van der Waals surface area (Å²) < 4.78 is 11.5. The summed E-state index contributed by atoms with van der Waals surface area (Å²) >= 11 is 0. The van der Waals surface area contributed by atoms with E-state index in [0.29, 0.717) is 13.2 Å². The topological polar surface area (TPSA) is 18.5 Å². The van der Waals surface area contributed by atoms with Crippen LogP contribution in [0.2, 0.25) is 18.1 Å². The van der Waals surface area contributed by atoms with Gasteiger partial charge in [0, 0.05) is 0 Å². The molecule has 0 radical (unpaired) electrons. The van der Waals surface area contributed by atoms with Crippen molar-refractivity contribution >= 4 is 8.32 Å². The Morgan fingerprint density at radius 3 is 2.21 bits per heavy atom. The van der Waals surface area contributed by atoms with Gasteiger partial charge in [-0.25, -0.2) is 0 Å². The van der Waals surface area contributed by atoms with E-state index in [1.165, 1.54) is 0 Å². The molecule has 104 valence electrons. The second-order valence-electron chi connectivity index (χ2n) is 6.20. The standard InChI is InChI=1S/C16H24O2Si/c1-7-12-17-13-14-8-10-15(11-9-14)18-19(5,6)16(2,3)4/h1,8-11H,12-13H2,2-6H3. The Morgan fingerprint density at radius 2 is 1.74 bits per heavy atom. The molecule has 0 unspecified atom stereocenters. The van der Waals surface area contributed by atoms with Crippen LogP contribution in [0.4, 0.5) is 0 Å². The highest BCUT2D eigenvalue weighted by molar-refractivity contribution is 6.74. The molecule has 0 amide bonds. The van der Waals surface area contributed by atoms with Crippen LogP contribution in [-0.2, 0) is 11.3 Å². The maximum Gasteiger partial charge on any atom is 0.250 e. The highest BCUT2D eigenvalue weighted by atomic mass is 28.4. The predicted molar refractivity (Wildman–Crippen MR) is 82.8 cm³/mol. The first-order valence-electron chi connectivity index (χ1n) is 6.55. The third-order valence-electron chi connectivity index (χ3n) is 3.56. The van der Waals surface area contributed by atoms with Gasteiger partial charge in [-0.1, -0.05) is 38.8 Å². The molecule has 3 heteroatoms. The van der Waals surface area contributed by atoms with Crippen LogP contribution in [0.25, 0.3) is 0 Å². The molecule has 1 rings (SSSR count). The minimum absolute atomic E-state index is 0.210. The van der Waals surface area contributed by atoms with Crippen molar-refractivity contribution in [2.75, 3.05) is 6.61 Å². The van der Waals surface area contributed by atoms with Crippen LogP contribution in [0.15, 0.2) is 24.3 Å². The molecule has 0 aliphatic rings. The number of hydrogen-bond acceptors (Lipinski definition) is 2. The Labute approximate surface area is 118 Å². The third-order valence-corrected chi connectivity index (χ3v) is 7.92. The van der Waals surface area contributed by atoms with Crippen LogP contribution in [0.3, 0.4) is 0 Å². The maximum atomic E-state index is 6.21. The van der Waals surface area contributed by atoms with Crippen molar-refractivity contribution in [2.24, 2.45) is 0 Å². The summed E-state index contributed by atoms with van der Waals surface area (Å²) in [5.41, 5.74) is 1.11. The SMILES string of the molecule is C#CCOCc1ccc(O[Si](C)(C)C(C)(C)C)cc1.